The normalized spacial score (nSPS) is 21.3. The van der Waals surface area contributed by atoms with Gasteiger partial charge in [-0.2, -0.15) is 0 Å². The third-order valence-electron chi connectivity index (χ3n) is 6.55. The van der Waals surface area contributed by atoms with Gasteiger partial charge in [-0.3, -0.25) is 4.90 Å². The summed E-state index contributed by atoms with van der Waals surface area (Å²) in [5, 5.41) is 12.8. The molecule has 2 saturated heterocycles. The van der Waals surface area contributed by atoms with E-state index in [-0.39, 0.29) is 12.1 Å². The number of ether oxygens (including phenoxy) is 1. The van der Waals surface area contributed by atoms with Crippen molar-refractivity contribution in [2.75, 3.05) is 37.7 Å². The number of benzene rings is 1. The summed E-state index contributed by atoms with van der Waals surface area (Å²) in [6, 6.07) is 7.04. The summed E-state index contributed by atoms with van der Waals surface area (Å²) in [5.41, 5.74) is 4.06. The van der Waals surface area contributed by atoms with Crippen molar-refractivity contribution < 1.29 is 4.74 Å². The van der Waals surface area contributed by atoms with Gasteiger partial charge >= 0.3 is 0 Å². The number of aryl methyl sites for hydroxylation is 2. The molecule has 1 aromatic carbocycles. The number of tetrazole rings is 1. The molecular formula is C23H36N6O. The first-order valence-electron chi connectivity index (χ1n) is 11.6. The van der Waals surface area contributed by atoms with Crippen molar-refractivity contribution in [2.24, 2.45) is 0 Å². The van der Waals surface area contributed by atoms with Crippen LogP contribution in [0.1, 0.15) is 62.0 Å². The van der Waals surface area contributed by atoms with E-state index in [9.17, 15) is 0 Å². The number of aromatic nitrogens is 4. The topological polar surface area (TPSA) is 59.3 Å². The highest BCUT2D eigenvalue weighted by Crippen LogP contribution is 2.29. The lowest BCUT2D eigenvalue weighted by atomic mass is 10.0. The molecule has 0 bridgehead atoms. The van der Waals surface area contributed by atoms with Crippen molar-refractivity contribution in [1.29, 1.82) is 0 Å². The van der Waals surface area contributed by atoms with E-state index in [1.165, 1.54) is 29.7 Å². The van der Waals surface area contributed by atoms with E-state index in [2.05, 4.69) is 64.3 Å². The molecule has 164 valence electrons. The van der Waals surface area contributed by atoms with Crippen molar-refractivity contribution in [2.45, 2.75) is 71.6 Å². The van der Waals surface area contributed by atoms with Gasteiger partial charge in [0, 0.05) is 38.5 Å². The summed E-state index contributed by atoms with van der Waals surface area (Å²) in [7, 11) is 0. The molecule has 1 aromatic heterocycles. The molecule has 7 nitrogen and oxygen atoms in total. The van der Waals surface area contributed by atoms with Crippen molar-refractivity contribution in [3.05, 3.63) is 35.2 Å². The first kappa shape index (κ1) is 21.2. The number of hydrogen-bond donors (Lipinski definition) is 0. The number of nitrogens with zero attached hydrogens (tertiary/aromatic N) is 6. The van der Waals surface area contributed by atoms with Crippen LogP contribution in [0, 0.1) is 13.8 Å². The van der Waals surface area contributed by atoms with Crippen LogP contribution in [0.5, 0.6) is 0 Å². The third kappa shape index (κ3) is 4.83. The average Bonchev–Trinajstić information content (AvgIpc) is 3.44. The van der Waals surface area contributed by atoms with Gasteiger partial charge in [0.2, 0.25) is 0 Å². The molecule has 0 N–H and O–H groups in total. The minimum absolute atomic E-state index is 0.250. The molecule has 2 aromatic rings. The zero-order valence-corrected chi connectivity index (χ0v) is 18.8. The molecule has 0 radical (unpaired) electrons. The van der Waals surface area contributed by atoms with E-state index in [1.54, 1.807) is 0 Å². The Kier molecular flexibility index (Phi) is 7.00. The van der Waals surface area contributed by atoms with Crippen molar-refractivity contribution in [1.82, 2.24) is 25.1 Å². The molecule has 0 aliphatic carbocycles. The third-order valence-corrected chi connectivity index (χ3v) is 6.55. The van der Waals surface area contributed by atoms with Crippen LogP contribution in [0.25, 0.3) is 0 Å². The maximum Gasteiger partial charge on any atom is 0.168 e. The zero-order chi connectivity index (χ0) is 20.9. The first-order valence-corrected chi connectivity index (χ1v) is 11.6. The molecule has 30 heavy (non-hydrogen) atoms. The van der Waals surface area contributed by atoms with E-state index < -0.39 is 0 Å². The average molecular weight is 413 g/mol. The number of anilines is 1. The Morgan fingerprint density at radius 3 is 2.73 bits per heavy atom. The SMILES string of the molecule is CCCCC(c1nnnn1CC1CCCO1)N1CCN(c2cc(C)ccc2C)CC1. The largest absolute Gasteiger partial charge is 0.376 e. The lowest BCUT2D eigenvalue weighted by Gasteiger charge is -2.40. The molecule has 2 unspecified atom stereocenters. The molecule has 2 atom stereocenters. The smallest absolute Gasteiger partial charge is 0.168 e. The lowest BCUT2D eigenvalue weighted by Crippen LogP contribution is -2.48. The molecule has 2 aliphatic heterocycles. The number of piperazine rings is 1. The van der Waals surface area contributed by atoms with Gasteiger partial charge in [-0.15, -0.1) is 5.10 Å². The van der Waals surface area contributed by atoms with Crippen LogP contribution in [0.3, 0.4) is 0 Å². The second-order valence-corrected chi connectivity index (χ2v) is 8.83. The predicted octanol–water partition coefficient (Wildman–Crippen LogP) is 3.52. The maximum absolute atomic E-state index is 5.83. The second-order valence-electron chi connectivity index (χ2n) is 8.83. The van der Waals surface area contributed by atoms with Crippen LogP contribution in [0.15, 0.2) is 18.2 Å². The van der Waals surface area contributed by atoms with Gasteiger partial charge in [-0.05, 0) is 60.7 Å². The van der Waals surface area contributed by atoms with Crippen molar-refractivity contribution >= 4 is 5.69 Å². The fraction of sp³-hybridized carbons (Fsp3) is 0.696. The monoisotopic (exact) mass is 412 g/mol. The Morgan fingerprint density at radius 1 is 1.17 bits per heavy atom. The molecule has 2 aliphatic rings. The molecule has 3 heterocycles. The summed E-state index contributed by atoms with van der Waals surface area (Å²) < 4.78 is 7.84. The van der Waals surface area contributed by atoms with E-state index >= 15 is 0 Å². The van der Waals surface area contributed by atoms with E-state index in [4.69, 9.17) is 4.74 Å². The minimum Gasteiger partial charge on any atom is -0.376 e. The quantitative estimate of drug-likeness (QED) is 0.661. The fourth-order valence-corrected chi connectivity index (χ4v) is 4.77. The van der Waals surface area contributed by atoms with Crippen molar-refractivity contribution in [3.8, 4) is 0 Å². The van der Waals surface area contributed by atoms with E-state index in [1.807, 2.05) is 4.68 Å². The van der Waals surface area contributed by atoms with Crippen LogP contribution in [-0.4, -0.2) is 64.0 Å². The van der Waals surface area contributed by atoms with E-state index in [0.717, 1.165) is 64.4 Å². The van der Waals surface area contributed by atoms with E-state index in [0.29, 0.717) is 0 Å². The second kappa shape index (κ2) is 9.88. The summed E-state index contributed by atoms with van der Waals surface area (Å²) >= 11 is 0. The van der Waals surface area contributed by atoms with Crippen LogP contribution in [0.2, 0.25) is 0 Å². The Bertz CT molecular complexity index is 808. The summed E-state index contributed by atoms with van der Waals surface area (Å²) in [6.07, 6.45) is 5.97. The van der Waals surface area contributed by atoms with Gasteiger partial charge < -0.3 is 9.64 Å². The van der Waals surface area contributed by atoms with Crippen LogP contribution >= 0.6 is 0 Å². The summed E-state index contributed by atoms with van der Waals surface area (Å²) in [5.74, 6) is 1.01. The molecule has 4 rings (SSSR count). The Hall–Kier alpha value is -1.99. The highest BCUT2D eigenvalue weighted by atomic mass is 16.5. The van der Waals surface area contributed by atoms with Crippen LogP contribution < -0.4 is 4.90 Å². The molecule has 7 heteroatoms. The van der Waals surface area contributed by atoms with Crippen LogP contribution in [0.4, 0.5) is 5.69 Å². The number of rotatable bonds is 8. The molecular weight excluding hydrogens is 376 g/mol. The molecule has 0 saturated carbocycles. The maximum atomic E-state index is 5.83. The van der Waals surface area contributed by atoms with Gasteiger partial charge in [0.15, 0.2) is 5.82 Å². The fourth-order valence-electron chi connectivity index (χ4n) is 4.77. The van der Waals surface area contributed by atoms with Gasteiger partial charge in [0.1, 0.15) is 0 Å². The summed E-state index contributed by atoms with van der Waals surface area (Å²) in [6.45, 7) is 12.4. The van der Waals surface area contributed by atoms with Gasteiger partial charge in [0.05, 0.1) is 18.7 Å². The number of hydrogen-bond acceptors (Lipinski definition) is 6. The van der Waals surface area contributed by atoms with Gasteiger partial charge in [0.25, 0.3) is 0 Å². The van der Waals surface area contributed by atoms with Crippen molar-refractivity contribution in [3.63, 3.8) is 0 Å². The zero-order valence-electron chi connectivity index (χ0n) is 18.8. The Balaban J connectivity index is 1.46. The van der Waals surface area contributed by atoms with Gasteiger partial charge in [-0.25, -0.2) is 4.68 Å². The number of unbranched alkanes of at least 4 members (excludes halogenated alkanes) is 1. The first-order chi connectivity index (χ1) is 14.7. The highest BCUT2D eigenvalue weighted by molar-refractivity contribution is 5.55. The predicted molar refractivity (Wildman–Crippen MR) is 119 cm³/mol. The summed E-state index contributed by atoms with van der Waals surface area (Å²) in [4.78, 5) is 5.13. The minimum atomic E-state index is 0.250. The molecule has 2 fully saturated rings. The lowest BCUT2D eigenvalue weighted by molar-refractivity contribution is 0.0890. The molecule has 0 amide bonds. The molecule has 0 spiro atoms. The highest BCUT2D eigenvalue weighted by Gasteiger charge is 2.30. The van der Waals surface area contributed by atoms with Gasteiger partial charge in [-0.1, -0.05) is 31.9 Å². The Labute approximate surface area is 180 Å². The Morgan fingerprint density at radius 2 is 2.00 bits per heavy atom. The van der Waals surface area contributed by atoms with Crippen LogP contribution in [-0.2, 0) is 11.3 Å². The standard InChI is InChI=1S/C23H36N6O/c1-4-5-8-21(23-24-25-26-29(23)17-20-7-6-15-30-20)27-11-13-28(14-12-27)22-16-18(2)9-10-19(22)3/h9-10,16,20-21H,4-8,11-15,17H2,1-3H3.